The Labute approximate surface area is 154 Å². The van der Waals surface area contributed by atoms with Gasteiger partial charge in [0.1, 0.15) is 16.2 Å². The van der Waals surface area contributed by atoms with Crippen molar-refractivity contribution >= 4 is 18.0 Å². The van der Waals surface area contributed by atoms with Crippen LogP contribution in [0.1, 0.15) is 6.92 Å². The first-order valence-electron chi connectivity index (χ1n) is 8.25. The summed E-state index contributed by atoms with van der Waals surface area (Å²) in [7, 11) is 0. The van der Waals surface area contributed by atoms with Gasteiger partial charge in [-0.2, -0.15) is 0 Å². The van der Waals surface area contributed by atoms with Gasteiger partial charge in [0, 0.05) is 18.0 Å². The number of nitrogens with zero attached hydrogens (tertiary/aromatic N) is 2. The molecule has 0 bridgehead atoms. The van der Waals surface area contributed by atoms with Crippen LogP contribution in [-0.4, -0.2) is 21.0 Å². The number of fused-ring (bicyclic) bond motifs is 1. The van der Waals surface area contributed by atoms with Gasteiger partial charge >= 0.3 is 0 Å². The minimum atomic E-state index is -0.266. The number of H-pyrrole nitrogens is 1. The van der Waals surface area contributed by atoms with Crippen molar-refractivity contribution in [2.75, 3.05) is 6.61 Å². The third kappa shape index (κ3) is 2.99. The van der Waals surface area contributed by atoms with Crippen LogP contribution in [0.25, 0.3) is 28.2 Å². The van der Waals surface area contributed by atoms with Crippen LogP contribution in [0, 0.1) is 10.5 Å². The summed E-state index contributed by atoms with van der Waals surface area (Å²) in [6, 6.07) is 14.1. The second-order valence-corrected chi connectivity index (χ2v) is 6.19. The van der Waals surface area contributed by atoms with Crippen molar-refractivity contribution in [1.29, 1.82) is 0 Å². The van der Waals surface area contributed by atoms with Gasteiger partial charge in [0.25, 0.3) is 0 Å². The molecule has 0 unspecified atom stereocenters. The molecule has 0 saturated carbocycles. The summed E-state index contributed by atoms with van der Waals surface area (Å²) in [5.41, 5.74) is 3.54. The van der Waals surface area contributed by atoms with Crippen molar-refractivity contribution in [3.8, 4) is 28.1 Å². The van der Waals surface area contributed by atoms with Crippen molar-refractivity contribution in [2.24, 2.45) is 0 Å². The van der Waals surface area contributed by atoms with Crippen molar-refractivity contribution in [2.45, 2.75) is 6.92 Å². The Bertz CT molecular complexity index is 1110. The molecule has 4 rings (SSSR count). The van der Waals surface area contributed by atoms with Gasteiger partial charge < -0.3 is 9.72 Å². The van der Waals surface area contributed by atoms with Gasteiger partial charge in [-0.3, -0.25) is 4.40 Å². The molecule has 0 spiro atoms. The van der Waals surface area contributed by atoms with Crippen molar-refractivity contribution in [3.05, 3.63) is 71.4 Å². The standard InChI is InChI=1S/C20H16FN3OS/c1-2-25-16-9-5-13(6-10-16)17-11-22-20-23-18(12-24(20)19(17)26)14-3-7-15(21)8-4-14/h3-12H,2H2,1H3,(H,22,23). The number of imidazole rings is 1. The molecule has 6 heteroatoms. The van der Waals surface area contributed by atoms with Crippen LogP contribution in [0.4, 0.5) is 4.39 Å². The Kier molecular flexibility index (Phi) is 4.26. The summed E-state index contributed by atoms with van der Waals surface area (Å²) in [6.45, 7) is 2.58. The minimum absolute atomic E-state index is 0.266. The first-order chi connectivity index (χ1) is 12.7. The summed E-state index contributed by atoms with van der Waals surface area (Å²) in [6.07, 6.45) is 3.65. The zero-order valence-corrected chi connectivity index (χ0v) is 14.9. The monoisotopic (exact) mass is 365 g/mol. The second-order valence-electron chi connectivity index (χ2n) is 5.80. The Balaban J connectivity index is 1.77. The maximum Gasteiger partial charge on any atom is 0.212 e. The number of aromatic amines is 1. The molecule has 0 aliphatic carbocycles. The number of aromatic nitrogens is 3. The number of benzene rings is 2. The highest BCUT2D eigenvalue weighted by Gasteiger charge is 2.09. The quantitative estimate of drug-likeness (QED) is 0.501. The molecule has 2 aromatic carbocycles. The first-order valence-corrected chi connectivity index (χ1v) is 8.66. The van der Waals surface area contributed by atoms with Gasteiger partial charge in [-0.25, -0.2) is 9.37 Å². The molecule has 0 fully saturated rings. The van der Waals surface area contributed by atoms with Crippen molar-refractivity contribution < 1.29 is 9.13 Å². The van der Waals surface area contributed by atoms with Crippen LogP contribution in [0.2, 0.25) is 0 Å². The maximum atomic E-state index is 13.1. The summed E-state index contributed by atoms with van der Waals surface area (Å²) in [5, 5.41) is 0. The average molecular weight is 365 g/mol. The Morgan fingerprint density at radius 3 is 2.46 bits per heavy atom. The lowest BCUT2D eigenvalue weighted by atomic mass is 10.1. The first kappa shape index (κ1) is 16.5. The number of hydrogen-bond donors (Lipinski definition) is 1. The molecule has 0 amide bonds. The van der Waals surface area contributed by atoms with Crippen LogP contribution < -0.4 is 4.74 Å². The molecule has 4 aromatic rings. The molecule has 4 nitrogen and oxygen atoms in total. The van der Waals surface area contributed by atoms with E-state index in [0.29, 0.717) is 17.0 Å². The average Bonchev–Trinajstić information content (AvgIpc) is 3.09. The smallest absolute Gasteiger partial charge is 0.212 e. The van der Waals surface area contributed by atoms with E-state index in [4.69, 9.17) is 17.0 Å². The molecule has 0 saturated heterocycles. The molecule has 1 N–H and O–H groups in total. The summed E-state index contributed by atoms with van der Waals surface area (Å²) in [5.74, 6) is 1.20. The lowest BCUT2D eigenvalue weighted by Crippen LogP contribution is -1.93. The SMILES string of the molecule is CCOc1ccc(-c2cnc3[nH]c(-c4ccc(F)cc4)cn3c2=S)cc1. The van der Waals surface area contributed by atoms with Crippen molar-refractivity contribution in [1.82, 2.24) is 14.4 Å². The van der Waals surface area contributed by atoms with E-state index in [-0.39, 0.29) is 5.82 Å². The number of ether oxygens (including phenoxy) is 1. The molecule has 0 aliphatic rings. The molecule has 2 aromatic heterocycles. The molecule has 2 heterocycles. The second kappa shape index (κ2) is 6.72. The van der Waals surface area contributed by atoms with Crippen LogP contribution in [-0.2, 0) is 0 Å². The summed E-state index contributed by atoms with van der Waals surface area (Å²) in [4.78, 5) is 7.70. The van der Waals surface area contributed by atoms with Crippen LogP contribution in [0.15, 0.2) is 60.9 Å². The van der Waals surface area contributed by atoms with Gasteiger partial charge in [-0.05, 0) is 54.4 Å². The number of halogens is 1. The van der Waals surface area contributed by atoms with Gasteiger partial charge in [-0.1, -0.05) is 24.4 Å². The molecule has 26 heavy (non-hydrogen) atoms. The fourth-order valence-corrected chi connectivity index (χ4v) is 3.14. The lowest BCUT2D eigenvalue weighted by molar-refractivity contribution is 0.340. The van der Waals surface area contributed by atoms with Crippen LogP contribution in [0.3, 0.4) is 0 Å². The van der Waals surface area contributed by atoms with Crippen molar-refractivity contribution in [3.63, 3.8) is 0 Å². The van der Waals surface area contributed by atoms with E-state index in [0.717, 1.165) is 28.1 Å². The van der Waals surface area contributed by atoms with Gasteiger partial charge in [0.2, 0.25) is 5.78 Å². The molecule has 130 valence electrons. The summed E-state index contributed by atoms with van der Waals surface area (Å²) >= 11 is 5.66. The van der Waals surface area contributed by atoms with E-state index in [1.165, 1.54) is 12.1 Å². The predicted molar refractivity (Wildman–Crippen MR) is 102 cm³/mol. The number of rotatable bonds is 4. The Morgan fingerprint density at radius 2 is 1.77 bits per heavy atom. The molecule has 0 atom stereocenters. The molecular formula is C20H16FN3OS. The fourth-order valence-electron chi connectivity index (χ4n) is 2.83. The Hall–Kier alpha value is -2.99. The fraction of sp³-hybridized carbons (Fsp3) is 0.100. The van der Waals surface area contributed by atoms with E-state index >= 15 is 0 Å². The normalized spacial score (nSPS) is 11.0. The third-order valence-corrected chi connectivity index (χ3v) is 4.55. The van der Waals surface area contributed by atoms with Gasteiger partial charge in [0.15, 0.2) is 0 Å². The van der Waals surface area contributed by atoms with Gasteiger partial charge in [-0.15, -0.1) is 0 Å². The van der Waals surface area contributed by atoms with E-state index < -0.39 is 0 Å². The van der Waals surface area contributed by atoms with E-state index in [1.807, 2.05) is 41.8 Å². The van der Waals surface area contributed by atoms with Gasteiger partial charge in [0.05, 0.1) is 12.3 Å². The zero-order valence-electron chi connectivity index (χ0n) is 14.1. The number of nitrogens with one attached hydrogen (secondary N) is 1. The minimum Gasteiger partial charge on any atom is -0.494 e. The topological polar surface area (TPSA) is 42.3 Å². The molecule has 0 aliphatic heterocycles. The number of hydrogen-bond acceptors (Lipinski definition) is 3. The highest BCUT2D eigenvalue weighted by molar-refractivity contribution is 7.71. The van der Waals surface area contributed by atoms with E-state index in [2.05, 4.69) is 9.97 Å². The van der Waals surface area contributed by atoms with E-state index in [1.54, 1.807) is 18.3 Å². The van der Waals surface area contributed by atoms with E-state index in [9.17, 15) is 4.39 Å². The zero-order chi connectivity index (χ0) is 18.1. The lowest BCUT2D eigenvalue weighted by Gasteiger charge is -2.06. The highest BCUT2D eigenvalue weighted by Crippen LogP contribution is 2.25. The van der Waals surface area contributed by atoms with Crippen LogP contribution in [0.5, 0.6) is 5.75 Å². The predicted octanol–water partition coefficient (Wildman–Crippen LogP) is 5.26. The maximum absolute atomic E-state index is 13.1. The largest absolute Gasteiger partial charge is 0.494 e. The van der Waals surface area contributed by atoms with Crippen LogP contribution >= 0.6 is 12.2 Å². The Morgan fingerprint density at radius 1 is 1.08 bits per heavy atom. The molecular weight excluding hydrogens is 349 g/mol. The molecule has 0 radical (unpaired) electrons. The highest BCUT2D eigenvalue weighted by atomic mass is 32.1. The third-order valence-electron chi connectivity index (χ3n) is 4.13. The summed E-state index contributed by atoms with van der Waals surface area (Å²) < 4.78 is 21.1.